The summed E-state index contributed by atoms with van der Waals surface area (Å²) in [6, 6.07) is 2.09. The lowest BCUT2D eigenvalue weighted by Crippen LogP contribution is -2.18. The number of hydrogen-bond donors (Lipinski definition) is 0. The minimum Gasteiger partial charge on any atom is -0.213 e. The van der Waals surface area contributed by atoms with Gasteiger partial charge < -0.3 is 0 Å². The van der Waals surface area contributed by atoms with Gasteiger partial charge in [-0.05, 0) is 23.0 Å². The normalized spacial score (nSPS) is 12.6. The summed E-state index contributed by atoms with van der Waals surface area (Å²) >= 11 is 0. The molecule has 0 saturated heterocycles. The minimum atomic E-state index is 0.0836. The highest BCUT2D eigenvalue weighted by Crippen LogP contribution is 2.29. The van der Waals surface area contributed by atoms with Crippen molar-refractivity contribution in [1.82, 2.24) is 19.8 Å². The first-order chi connectivity index (χ1) is 7.39. The van der Waals surface area contributed by atoms with Crippen molar-refractivity contribution < 1.29 is 0 Å². The fourth-order valence-corrected chi connectivity index (χ4v) is 1.80. The molecule has 0 aliphatic carbocycles. The summed E-state index contributed by atoms with van der Waals surface area (Å²) in [6.07, 6.45) is 1.54. The fourth-order valence-electron chi connectivity index (χ4n) is 1.80. The van der Waals surface area contributed by atoms with E-state index in [1.807, 2.05) is 0 Å². The van der Waals surface area contributed by atoms with Crippen molar-refractivity contribution in [1.29, 1.82) is 0 Å². The van der Waals surface area contributed by atoms with Crippen LogP contribution in [-0.4, -0.2) is 19.8 Å². The van der Waals surface area contributed by atoms with Crippen LogP contribution in [-0.2, 0) is 5.41 Å². The molecule has 0 aromatic carbocycles. The molecule has 4 heteroatoms. The Morgan fingerprint density at radius 2 is 1.94 bits per heavy atom. The molecule has 0 amide bonds. The first-order valence-electron chi connectivity index (χ1n) is 5.61. The van der Waals surface area contributed by atoms with Crippen LogP contribution in [0.2, 0.25) is 0 Å². The summed E-state index contributed by atoms with van der Waals surface area (Å²) in [7, 11) is 0. The lowest BCUT2D eigenvalue weighted by atomic mass is 9.84. The fraction of sp³-hybridized carbons (Fsp3) is 0.583. The van der Waals surface area contributed by atoms with Crippen molar-refractivity contribution in [3.05, 3.63) is 23.7 Å². The van der Waals surface area contributed by atoms with Gasteiger partial charge in [0.1, 0.15) is 6.33 Å². The zero-order valence-electron chi connectivity index (χ0n) is 10.5. The van der Waals surface area contributed by atoms with Gasteiger partial charge in [0.05, 0.1) is 5.69 Å². The molecule has 2 rings (SSSR count). The smallest absolute Gasteiger partial charge is 0.176 e. The Balaban J connectivity index is 2.72. The van der Waals surface area contributed by atoms with Crippen molar-refractivity contribution in [2.75, 3.05) is 0 Å². The van der Waals surface area contributed by atoms with Crippen LogP contribution < -0.4 is 0 Å². The Morgan fingerprint density at radius 1 is 1.25 bits per heavy atom. The summed E-state index contributed by atoms with van der Waals surface area (Å²) in [5.74, 6) is 0.392. The molecule has 0 fully saturated rings. The van der Waals surface area contributed by atoms with Crippen LogP contribution in [0, 0.1) is 0 Å². The van der Waals surface area contributed by atoms with Crippen LogP contribution >= 0.6 is 0 Å². The second-order valence-electron chi connectivity index (χ2n) is 5.46. The van der Waals surface area contributed by atoms with E-state index in [2.05, 4.69) is 55.9 Å². The lowest BCUT2D eigenvalue weighted by molar-refractivity contribution is 0.559. The third kappa shape index (κ3) is 1.79. The summed E-state index contributed by atoms with van der Waals surface area (Å²) < 4.78 is 1.60. The van der Waals surface area contributed by atoms with Crippen LogP contribution in [0.15, 0.2) is 12.4 Å². The molecule has 0 atom stereocenters. The van der Waals surface area contributed by atoms with Crippen molar-refractivity contribution in [3.63, 3.8) is 0 Å². The average Bonchev–Trinajstić information content (AvgIpc) is 2.60. The molecule has 0 N–H and O–H groups in total. The van der Waals surface area contributed by atoms with Gasteiger partial charge in [0, 0.05) is 0 Å². The molecule has 2 heterocycles. The number of nitrogens with zero attached hydrogens (tertiary/aromatic N) is 4. The van der Waals surface area contributed by atoms with Gasteiger partial charge in [-0.25, -0.2) is 4.98 Å². The maximum atomic E-state index is 4.54. The molecule has 86 valence electrons. The second kappa shape index (κ2) is 3.54. The topological polar surface area (TPSA) is 43.1 Å². The van der Waals surface area contributed by atoms with Crippen molar-refractivity contribution in [2.45, 2.75) is 46.0 Å². The molecular weight excluding hydrogens is 200 g/mol. The van der Waals surface area contributed by atoms with E-state index in [0.717, 1.165) is 11.3 Å². The van der Waals surface area contributed by atoms with E-state index < -0.39 is 0 Å². The third-order valence-corrected chi connectivity index (χ3v) is 2.66. The summed E-state index contributed by atoms with van der Waals surface area (Å²) in [5, 5.41) is 8.62. The highest BCUT2D eigenvalue weighted by molar-refractivity contribution is 5.43. The minimum absolute atomic E-state index is 0.0836. The Labute approximate surface area is 95.7 Å². The molecule has 16 heavy (non-hydrogen) atoms. The molecule has 2 aromatic rings. The van der Waals surface area contributed by atoms with E-state index in [0.29, 0.717) is 5.92 Å². The van der Waals surface area contributed by atoms with Gasteiger partial charge in [-0.15, -0.1) is 9.73 Å². The number of aromatic nitrogens is 4. The van der Waals surface area contributed by atoms with E-state index in [-0.39, 0.29) is 5.41 Å². The summed E-state index contributed by atoms with van der Waals surface area (Å²) in [6.45, 7) is 10.9. The summed E-state index contributed by atoms with van der Waals surface area (Å²) in [5.41, 5.74) is 3.25. The molecule has 2 aromatic heterocycles. The molecular formula is C12H18N4. The molecule has 0 saturated carbocycles. The molecule has 0 aliphatic rings. The first-order valence-corrected chi connectivity index (χ1v) is 5.61. The van der Waals surface area contributed by atoms with E-state index in [4.69, 9.17) is 0 Å². The van der Waals surface area contributed by atoms with Crippen LogP contribution in [0.25, 0.3) is 5.65 Å². The predicted octanol–water partition coefficient (Wildman–Crippen LogP) is 2.55. The lowest BCUT2D eigenvalue weighted by Gasteiger charge is -2.23. The highest BCUT2D eigenvalue weighted by Gasteiger charge is 2.22. The monoisotopic (exact) mass is 218 g/mol. The van der Waals surface area contributed by atoms with Gasteiger partial charge >= 0.3 is 0 Å². The van der Waals surface area contributed by atoms with Crippen molar-refractivity contribution in [3.8, 4) is 0 Å². The van der Waals surface area contributed by atoms with Crippen molar-refractivity contribution >= 4 is 5.65 Å². The van der Waals surface area contributed by atoms with Crippen LogP contribution in [0.5, 0.6) is 0 Å². The third-order valence-electron chi connectivity index (χ3n) is 2.66. The van der Waals surface area contributed by atoms with Crippen LogP contribution in [0.1, 0.15) is 51.8 Å². The van der Waals surface area contributed by atoms with Gasteiger partial charge in [0.2, 0.25) is 0 Å². The van der Waals surface area contributed by atoms with Gasteiger partial charge in [-0.3, -0.25) is 0 Å². The van der Waals surface area contributed by atoms with E-state index >= 15 is 0 Å². The summed E-state index contributed by atoms with van der Waals surface area (Å²) in [4.78, 5) is 4.18. The molecule has 0 radical (unpaired) electrons. The number of hydrogen-bond acceptors (Lipinski definition) is 3. The van der Waals surface area contributed by atoms with E-state index in [9.17, 15) is 0 Å². The Hall–Kier alpha value is -1.45. The highest BCUT2D eigenvalue weighted by atomic mass is 15.4. The molecule has 0 bridgehead atoms. The molecule has 0 spiro atoms. The van der Waals surface area contributed by atoms with Crippen LogP contribution in [0.3, 0.4) is 0 Å². The van der Waals surface area contributed by atoms with Gasteiger partial charge in [0.25, 0.3) is 0 Å². The van der Waals surface area contributed by atoms with Gasteiger partial charge in [-0.2, -0.15) is 5.10 Å². The zero-order chi connectivity index (χ0) is 11.9. The Kier molecular flexibility index (Phi) is 2.45. The molecule has 0 unspecified atom stereocenters. The van der Waals surface area contributed by atoms with Crippen LogP contribution in [0.4, 0.5) is 0 Å². The SMILES string of the molecule is CC(C)c1nn2ncnc2cc1C(C)(C)C. The first kappa shape index (κ1) is 11.0. The Morgan fingerprint density at radius 3 is 2.50 bits per heavy atom. The van der Waals surface area contributed by atoms with Gasteiger partial charge in [-0.1, -0.05) is 34.6 Å². The quantitative estimate of drug-likeness (QED) is 0.738. The second-order valence-corrected chi connectivity index (χ2v) is 5.46. The van der Waals surface area contributed by atoms with E-state index in [1.54, 1.807) is 11.0 Å². The largest absolute Gasteiger partial charge is 0.213 e. The van der Waals surface area contributed by atoms with E-state index in [1.165, 1.54) is 5.56 Å². The number of rotatable bonds is 1. The van der Waals surface area contributed by atoms with Crippen molar-refractivity contribution in [2.24, 2.45) is 0 Å². The zero-order valence-corrected chi connectivity index (χ0v) is 10.5. The maximum Gasteiger partial charge on any atom is 0.176 e. The molecule has 0 aliphatic heterocycles. The number of fused-ring (bicyclic) bond motifs is 1. The maximum absolute atomic E-state index is 4.54. The average molecular weight is 218 g/mol. The predicted molar refractivity (Wildman–Crippen MR) is 63.6 cm³/mol. The standard InChI is InChI=1S/C12H18N4/c1-8(2)11-9(12(3,4)5)6-10-13-7-14-16(10)15-11/h6-8H,1-5H3. The van der Waals surface area contributed by atoms with Gasteiger partial charge in [0.15, 0.2) is 5.65 Å². The molecule has 4 nitrogen and oxygen atoms in total. The Bertz CT molecular complexity index is 505.